The maximum Gasteiger partial charge on any atom is 0.236 e. The normalized spacial score (nSPS) is 36.6. The van der Waals surface area contributed by atoms with Gasteiger partial charge in [-0.05, 0) is 5.56 Å². The van der Waals surface area contributed by atoms with Gasteiger partial charge >= 0.3 is 0 Å². The van der Waals surface area contributed by atoms with Crippen molar-refractivity contribution in [3.63, 3.8) is 0 Å². The predicted molar refractivity (Wildman–Crippen MR) is 72.8 cm³/mol. The molecule has 0 aliphatic carbocycles. The Kier molecular flexibility index (Phi) is 2.58. The van der Waals surface area contributed by atoms with Crippen molar-refractivity contribution >= 4 is 11.8 Å². The molecule has 0 spiro atoms. The zero-order valence-corrected chi connectivity index (χ0v) is 11.3. The smallest absolute Gasteiger partial charge is 0.236 e. The van der Waals surface area contributed by atoms with E-state index in [1.807, 2.05) is 30.3 Å². The standard InChI is InChI=1S/C16H15NO4/c18-9-16-7-6-11(21-16)12-13(16)15(20)17(14(12)19)8-10-4-2-1-3-5-10/h1-7,11-13,18H,8-9H2/t11-,12+,13+,16+/m1/s1. The molecule has 4 rings (SSSR count). The molecule has 1 aromatic rings. The van der Waals surface area contributed by atoms with E-state index in [0.717, 1.165) is 5.56 Å². The Labute approximate surface area is 121 Å². The minimum absolute atomic E-state index is 0.196. The van der Waals surface area contributed by atoms with Crippen LogP contribution in [-0.4, -0.2) is 40.1 Å². The van der Waals surface area contributed by atoms with Gasteiger partial charge in [0.2, 0.25) is 11.8 Å². The topological polar surface area (TPSA) is 66.8 Å². The van der Waals surface area contributed by atoms with E-state index in [0.29, 0.717) is 0 Å². The summed E-state index contributed by atoms with van der Waals surface area (Å²) in [5.74, 6) is -1.51. The second kappa shape index (κ2) is 4.26. The van der Waals surface area contributed by atoms with Crippen molar-refractivity contribution < 1.29 is 19.4 Å². The van der Waals surface area contributed by atoms with Crippen LogP contribution in [0.25, 0.3) is 0 Å². The molecule has 3 heterocycles. The first-order valence-electron chi connectivity index (χ1n) is 7.03. The molecule has 1 aromatic carbocycles. The summed E-state index contributed by atoms with van der Waals surface area (Å²) < 4.78 is 5.69. The van der Waals surface area contributed by atoms with Crippen molar-refractivity contribution in [2.45, 2.75) is 18.2 Å². The van der Waals surface area contributed by atoms with Gasteiger partial charge in [0.05, 0.1) is 31.1 Å². The van der Waals surface area contributed by atoms with Gasteiger partial charge in [-0.15, -0.1) is 0 Å². The number of hydrogen-bond acceptors (Lipinski definition) is 4. The van der Waals surface area contributed by atoms with E-state index in [4.69, 9.17) is 4.74 Å². The van der Waals surface area contributed by atoms with Crippen molar-refractivity contribution in [1.29, 1.82) is 0 Å². The summed E-state index contributed by atoms with van der Waals surface area (Å²) >= 11 is 0. The summed E-state index contributed by atoms with van der Waals surface area (Å²) in [6.07, 6.45) is 3.13. The SMILES string of the molecule is O=C1[C@@H]2[C@@H](C(=O)N1Cc1ccccc1)[C@@]1(CO)C=C[C@H]2O1. The minimum atomic E-state index is -1.01. The van der Waals surface area contributed by atoms with E-state index in [9.17, 15) is 14.7 Å². The van der Waals surface area contributed by atoms with Crippen molar-refractivity contribution in [2.75, 3.05) is 6.61 Å². The number of benzene rings is 1. The Morgan fingerprint density at radius 3 is 2.67 bits per heavy atom. The molecule has 0 saturated carbocycles. The van der Waals surface area contributed by atoms with Gasteiger partial charge in [0.25, 0.3) is 0 Å². The molecule has 0 radical (unpaired) electrons. The van der Waals surface area contributed by atoms with Crippen molar-refractivity contribution in [2.24, 2.45) is 11.8 Å². The first-order valence-corrected chi connectivity index (χ1v) is 7.03. The van der Waals surface area contributed by atoms with Crippen LogP contribution in [-0.2, 0) is 20.9 Å². The highest BCUT2D eigenvalue weighted by atomic mass is 16.5. The van der Waals surface area contributed by atoms with Crippen LogP contribution < -0.4 is 0 Å². The Balaban J connectivity index is 1.66. The molecule has 5 nitrogen and oxygen atoms in total. The zero-order chi connectivity index (χ0) is 14.6. The third-order valence-corrected chi connectivity index (χ3v) is 4.68. The molecule has 2 fully saturated rings. The van der Waals surface area contributed by atoms with Gasteiger partial charge in [0.1, 0.15) is 5.60 Å². The highest BCUT2D eigenvalue weighted by Crippen LogP contribution is 2.51. The molecular weight excluding hydrogens is 270 g/mol. The number of amides is 2. The lowest BCUT2D eigenvalue weighted by atomic mass is 9.77. The van der Waals surface area contributed by atoms with Gasteiger partial charge in [-0.2, -0.15) is 0 Å². The number of likely N-dealkylation sites (tertiary alicyclic amines) is 1. The lowest BCUT2D eigenvalue weighted by Gasteiger charge is -2.26. The number of fused-ring (bicyclic) bond motifs is 5. The van der Waals surface area contributed by atoms with Crippen molar-refractivity contribution in [3.8, 4) is 0 Å². The van der Waals surface area contributed by atoms with E-state index in [2.05, 4.69) is 0 Å². The van der Waals surface area contributed by atoms with Crippen LogP contribution >= 0.6 is 0 Å². The first kappa shape index (κ1) is 12.7. The molecule has 2 amide bonds. The van der Waals surface area contributed by atoms with Crippen LogP contribution in [0.15, 0.2) is 42.5 Å². The average Bonchev–Trinajstić information content (AvgIpc) is 3.15. The molecule has 21 heavy (non-hydrogen) atoms. The van der Waals surface area contributed by atoms with Crippen LogP contribution in [0.4, 0.5) is 0 Å². The molecule has 1 N–H and O–H groups in total. The number of nitrogens with zero attached hydrogens (tertiary/aromatic N) is 1. The van der Waals surface area contributed by atoms with Gasteiger partial charge < -0.3 is 9.84 Å². The monoisotopic (exact) mass is 285 g/mol. The van der Waals surface area contributed by atoms with Crippen LogP contribution in [0.5, 0.6) is 0 Å². The van der Waals surface area contributed by atoms with Crippen LogP contribution in [0.3, 0.4) is 0 Å². The highest BCUT2D eigenvalue weighted by Gasteiger charge is 2.67. The molecule has 2 bridgehead atoms. The van der Waals surface area contributed by atoms with E-state index in [1.54, 1.807) is 12.2 Å². The molecule has 2 saturated heterocycles. The third kappa shape index (κ3) is 1.58. The van der Waals surface area contributed by atoms with Crippen molar-refractivity contribution in [3.05, 3.63) is 48.0 Å². The number of aliphatic hydroxyl groups is 1. The molecule has 4 atom stereocenters. The zero-order valence-electron chi connectivity index (χ0n) is 11.3. The number of hydrogen-bond donors (Lipinski definition) is 1. The lowest BCUT2D eigenvalue weighted by Crippen LogP contribution is -2.43. The molecule has 5 heteroatoms. The summed E-state index contributed by atoms with van der Waals surface area (Å²) in [4.78, 5) is 26.5. The molecule has 3 aliphatic heterocycles. The molecule has 0 unspecified atom stereocenters. The van der Waals surface area contributed by atoms with Crippen LogP contribution in [0, 0.1) is 11.8 Å². The van der Waals surface area contributed by atoms with Gasteiger partial charge in [0, 0.05) is 0 Å². The number of rotatable bonds is 3. The summed E-state index contributed by atoms with van der Waals surface area (Å²) in [5.41, 5.74) is -0.0912. The Hall–Kier alpha value is -1.98. The van der Waals surface area contributed by atoms with E-state index >= 15 is 0 Å². The summed E-state index contributed by atoms with van der Waals surface area (Å²) in [7, 11) is 0. The Morgan fingerprint density at radius 1 is 1.19 bits per heavy atom. The fourth-order valence-electron chi connectivity index (χ4n) is 3.67. The quantitative estimate of drug-likeness (QED) is 0.648. The number of aliphatic hydroxyl groups excluding tert-OH is 1. The summed E-state index contributed by atoms with van der Waals surface area (Å²) in [6.45, 7) is -0.000894. The molecule has 108 valence electrons. The largest absolute Gasteiger partial charge is 0.393 e. The van der Waals surface area contributed by atoms with E-state index < -0.39 is 17.4 Å². The Morgan fingerprint density at radius 2 is 1.95 bits per heavy atom. The van der Waals surface area contributed by atoms with Gasteiger partial charge in [-0.25, -0.2) is 0 Å². The lowest BCUT2D eigenvalue weighted by molar-refractivity contribution is -0.146. The van der Waals surface area contributed by atoms with Gasteiger partial charge in [-0.1, -0.05) is 42.5 Å². The molecule has 0 aromatic heterocycles. The summed E-state index contributed by atoms with van der Waals surface area (Å²) in [6, 6.07) is 9.43. The second-order valence-electron chi connectivity index (χ2n) is 5.81. The van der Waals surface area contributed by atoms with Crippen LogP contribution in [0.2, 0.25) is 0 Å². The van der Waals surface area contributed by atoms with E-state index in [-0.39, 0.29) is 31.1 Å². The number of imide groups is 1. The first-order chi connectivity index (χ1) is 10.2. The number of carbonyl (C=O) groups is 2. The van der Waals surface area contributed by atoms with Crippen LogP contribution in [0.1, 0.15) is 5.56 Å². The molecular formula is C16H15NO4. The van der Waals surface area contributed by atoms with Gasteiger partial charge in [-0.3, -0.25) is 14.5 Å². The fraction of sp³-hybridized carbons (Fsp3) is 0.375. The summed E-state index contributed by atoms with van der Waals surface area (Å²) in [5, 5.41) is 9.61. The van der Waals surface area contributed by atoms with E-state index in [1.165, 1.54) is 4.90 Å². The Bertz CT molecular complexity index is 641. The maximum atomic E-state index is 12.6. The third-order valence-electron chi connectivity index (χ3n) is 4.68. The highest BCUT2D eigenvalue weighted by molar-refractivity contribution is 6.07. The van der Waals surface area contributed by atoms with Gasteiger partial charge in [0.15, 0.2) is 0 Å². The fourth-order valence-corrected chi connectivity index (χ4v) is 3.67. The number of carbonyl (C=O) groups excluding carboxylic acids is 2. The van der Waals surface area contributed by atoms with Crippen molar-refractivity contribution in [1.82, 2.24) is 4.90 Å². The number of ether oxygens (including phenoxy) is 1. The maximum absolute atomic E-state index is 12.6. The molecule has 3 aliphatic rings. The second-order valence-corrected chi connectivity index (χ2v) is 5.81. The predicted octanol–water partition coefficient (Wildman–Crippen LogP) is 0.487. The average molecular weight is 285 g/mol. The minimum Gasteiger partial charge on any atom is -0.393 e.